The molecule has 0 aliphatic carbocycles. The van der Waals surface area contributed by atoms with Crippen molar-refractivity contribution < 1.29 is 24.2 Å². The predicted molar refractivity (Wildman–Crippen MR) is 117 cm³/mol. The van der Waals surface area contributed by atoms with Gasteiger partial charge in [0.1, 0.15) is 17.5 Å². The van der Waals surface area contributed by atoms with Gasteiger partial charge in [-0.3, -0.25) is 9.59 Å². The topological polar surface area (TPSA) is 105 Å². The Morgan fingerprint density at radius 3 is 2.33 bits per heavy atom. The van der Waals surface area contributed by atoms with Crippen LogP contribution in [-0.2, 0) is 9.59 Å². The molecule has 8 heteroatoms. The fraction of sp³-hybridized carbons (Fsp3) is 0.227. The molecule has 0 saturated carbocycles. The first-order chi connectivity index (χ1) is 14.4. The number of aliphatic carboxylic acids is 1. The van der Waals surface area contributed by atoms with E-state index in [1.54, 1.807) is 48.5 Å². The maximum Gasteiger partial charge on any atom is 0.326 e. The van der Waals surface area contributed by atoms with Gasteiger partial charge in [0.2, 0.25) is 0 Å². The average molecular weight is 429 g/mol. The minimum absolute atomic E-state index is 0.0441. The molecule has 0 aliphatic heterocycles. The summed E-state index contributed by atoms with van der Waals surface area (Å²) in [6.45, 7) is 0. The second-order valence-corrected chi connectivity index (χ2v) is 7.28. The molecular formula is C22H24N2O5S. The fourth-order valence-corrected chi connectivity index (χ4v) is 3.01. The predicted octanol–water partition coefficient (Wildman–Crippen LogP) is 2.79. The summed E-state index contributed by atoms with van der Waals surface area (Å²) in [6, 6.07) is 14.3. The normalized spacial score (nSPS) is 12.0. The highest BCUT2D eigenvalue weighted by Crippen LogP contribution is 2.13. The van der Waals surface area contributed by atoms with Crippen LogP contribution in [0.2, 0.25) is 0 Å². The van der Waals surface area contributed by atoms with Crippen LogP contribution in [-0.4, -0.2) is 48.1 Å². The third-order valence-corrected chi connectivity index (χ3v) is 4.81. The van der Waals surface area contributed by atoms with E-state index in [1.165, 1.54) is 24.9 Å². The molecular weight excluding hydrogens is 404 g/mol. The first-order valence-corrected chi connectivity index (χ1v) is 10.6. The number of benzene rings is 2. The molecule has 0 radical (unpaired) electrons. The summed E-state index contributed by atoms with van der Waals surface area (Å²) in [5, 5.41) is 14.5. The van der Waals surface area contributed by atoms with E-state index in [2.05, 4.69) is 10.6 Å². The number of thioether (sulfide) groups is 1. The molecule has 0 heterocycles. The van der Waals surface area contributed by atoms with Crippen molar-refractivity contribution in [1.82, 2.24) is 10.6 Å². The number of amides is 2. The minimum atomic E-state index is -1.13. The van der Waals surface area contributed by atoms with Gasteiger partial charge in [-0.2, -0.15) is 11.8 Å². The molecule has 0 fully saturated rings. The molecule has 2 aromatic carbocycles. The SMILES string of the molecule is COc1ccc(C(=O)N/C(=C\c2ccccc2)C(=O)N[C@H](CCSC)C(=O)O)cc1. The van der Waals surface area contributed by atoms with Crippen LogP contribution in [0.4, 0.5) is 0 Å². The van der Waals surface area contributed by atoms with Crippen LogP contribution in [0.3, 0.4) is 0 Å². The van der Waals surface area contributed by atoms with Crippen molar-refractivity contribution in [1.29, 1.82) is 0 Å². The van der Waals surface area contributed by atoms with Gasteiger partial charge in [0.15, 0.2) is 0 Å². The van der Waals surface area contributed by atoms with E-state index in [-0.39, 0.29) is 12.1 Å². The Kier molecular flexibility index (Phi) is 8.96. The van der Waals surface area contributed by atoms with Gasteiger partial charge in [-0.1, -0.05) is 30.3 Å². The number of hydrogen-bond donors (Lipinski definition) is 3. The molecule has 0 aliphatic rings. The van der Waals surface area contributed by atoms with Crippen LogP contribution >= 0.6 is 11.8 Å². The van der Waals surface area contributed by atoms with E-state index in [0.29, 0.717) is 22.6 Å². The molecule has 2 aromatic rings. The maximum absolute atomic E-state index is 12.8. The van der Waals surface area contributed by atoms with E-state index in [0.717, 1.165) is 0 Å². The molecule has 0 bridgehead atoms. The first kappa shape index (κ1) is 23.0. The number of methoxy groups -OCH3 is 1. The molecule has 30 heavy (non-hydrogen) atoms. The van der Waals surface area contributed by atoms with Crippen LogP contribution in [0.1, 0.15) is 22.3 Å². The number of carbonyl (C=O) groups is 3. The lowest BCUT2D eigenvalue weighted by molar-refractivity contribution is -0.141. The van der Waals surface area contributed by atoms with E-state index in [4.69, 9.17) is 4.74 Å². The molecule has 0 unspecified atom stereocenters. The monoisotopic (exact) mass is 428 g/mol. The maximum atomic E-state index is 12.8. The Balaban J connectivity index is 2.25. The van der Waals surface area contributed by atoms with E-state index >= 15 is 0 Å². The Morgan fingerprint density at radius 1 is 1.10 bits per heavy atom. The average Bonchev–Trinajstić information content (AvgIpc) is 2.76. The van der Waals surface area contributed by atoms with Crippen molar-refractivity contribution in [3.8, 4) is 5.75 Å². The van der Waals surface area contributed by atoms with Gasteiger partial charge in [-0.25, -0.2) is 4.79 Å². The Labute approximate surface area is 179 Å². The molecule has 2 rings (SSSR count). The molecule has 0 saturated heterocycles. The van der Waals surface area contributed by atoms with E-state index in [9.17, 15) is 19.5 Å². The lowest BCUT2D eigenvalue weighted by Crippen LogP contribution is -2.44. The number of carbonyl (C=O) groups excluding carboxylic acids is 2. The zero-order valence-electron chi connectivity index (χ0n) is 16.8. The number of carboxylic acid groups (broad SMARTS) is 1. The van der Waals surface area contributed by atoms with Gasteiger partial charge in [-0.05, 0) is 54.3 Å². The fourth-order valence-electron chi connectivity index (χ4n) is 2.54. The summed E-state index contributed by atoms with van der Waals surface area (Å²) in [6.07, 6.45) is 3.63. The van der Waals surface area contributed by atoms with Crippen molar-refractivity contribution in [3.05, 3.63) is 71.4 Å². The van der Waals surface area contributed by atoms with Gasteiger partial charge in [0, 0.05) is 5.56 Å². The van der Waals surface area contributed by atoms with Crippen molar-refractivity contribution in [2.45, 2.75) is 12.5 Å². The number of nitrogens with one attached hydrogen (secondary N) is 2. The Bertz CT molecular complexity index is 898. The molecule has 158 valence electrons. The lowest BCUT2D eigenvalue weighted by Gasteiger charge is -2.16. The van der Waals surface area contributed by atoms with Crippen LogP contribution in [0.15, 0.2) is 60.3 Å². The van der Waals surface area contributed by atoms with E-state index in [1.807, 2.05) is 12.3 Å². The number of hydrogen-bond acceptors (Lipinski definition) is 5. The van der Waals surface area contributed by atoms with Crippen molar-refractivity contribution in [2.75, 3.05) is 19.1 Å². The van der Waals surface area contributed by atoms with Crippen molar-refractivity contribution in [2.24, 2.45) is 0 Å². The second-order valence-electron chi connectivity index (χ2n) is 6.30. The van der Waals surface area contributed by atoms with Crippen molar-refractivity contribution in [3.63, 3.8) is 0 Å². The molecule has 3 N–H and O–H groups in total. The highest BCUT2D eigenvalue weighted by Gasteiger charge is 2.22. The third kappa shape index (κ3) is 6.97. The molecule has 0 spiro atoms. The summed E-state index contributed by atoms with van der Waals surface area (Å²) in [5.41, 5.74) is 0.978. The molecule has 1 atom stereocenters. The zero-order chi connectivity index (χ0) is 21.9. The van der Waals surface area contributed by atoms with Gasteiger partial charge in [0.05, 0.1) is 7.11 Å². The Morgan fingerprint density at radius 2 is 1.77 bits per heavy atom. The van der Waals surface area contributed by atoms with Crippen LogP contribution in [0.5, 0.6) is 5.75 Å². The van der Waals surface area contributed by atoms with Gasteiger partial charge >= 0.3 is 5.97 Å². The van der Waals surface area contributed by atoms with E-state index < -0.39 is 23.8 Å². The Hall–Kier alpha value is -3.26. The number of rotatable bonds is 10. The smallest absolute Gasteiger partial charge is 0.326 e. The summed E-state index contributed by atoms with van der Waals surface area (Å²) < 4.78 is 5.08. The molecule has 7 nitrogen and oxygen atoms in total. The largest absolute Gasteiger partial charge is 0.497 e. The summed E-state index contributed by atoms with van der Waals surface area (Å²) in [4.78, 5) is 36.9. The van der Waals surface area contributed by atoms with Crippen LogP contribution in [0, 0.1) is 0 Å². The summed E-state index contributed by atoms with van der Waals surface area (Å²) in [5.74, 6) is -1.12. The standard InChI is InChI=1S/C22H24N2O5S/c1-29-17-10-8-16(9-11-17)20(25)24-19(14-15-6-4-3-5-7-15)21(26)23-18(22(27)28)12-13-30-2/h3-11,14,18H,12-13H2,1-2H3,(H,23,26)(H,24,25)(H,27,28)/b19-14-/t18-/m1/s1. The van der Waals surface area contributed by atoms with Gasteiger partial charge < -0.3 is 20.5 Å². The minimum Gasteiger partial charge on any atom is -0.497 e. The van der Waals surface area contributed by atoms with Gasteiger partial charge in [-0.15, -0.1) is 0 Å². The van der Waals surface area contributed by atoms with Crippen LogP contribution in [0.25, 0.3) is 6.08 Å². The highest BCUT2D eigenvalue weighted by atomic mass is 32.2. The number of carboxylic acids is 1. The van der Waals surface area contributed by atoms with Gasteiger partial charge in [0.25, 0.3) is 11.8 Å². The molecule has 2 amide bonds. The third-order valence-electron chi connectivity index (χ3n) is 4.17. The van der Waals surface area contributed by atoms with Crippen LogP contribution < -0.4 is 15.4 Å². The molecule has 0 aromatic heterocycles. The highest BCUT2D eigenvalue weighted by molar-refractivity contribution is 7.98. The van der Waals surface area contributed by atoms with Crippen molar-refractivity contribution >= 4 is 35.6 Å². The zero-order valence-corrected chi connectivity index (χ0v) is 17.6. The summed E-state index contributed by atoms with van der Waals surface area (Å²) >= 11 is 1.49. The lowest BCUT2D eigenvalue weighted by atomic mass is 10.1. The summed E-state index contributed by atoms with van der Waals surface area (Å²) in [7, 11) is 1.52. The quantitative estimate of drug-likeness (QED) is 0.503. The second kappa shape index (κ2) is 11.7. The number of ether oxygens (including phenoxy) is 1. The first-order valence-electron chi connectivity index (χ1n) is 9.19.